The highest BCUT2D eigenvalue weighted by molar-refractivity contribution is 7.90. The predicted molar refractivity (Wildman–Crippen MR) is 69.7 cm³/mol. The molecule has 2 unspecified atom stereocenters. The van der Waals surface area contributed by atoms with Gasteiger partial charge >= 0.3 is 0 Å². The zero-order valence-electron chi connectivity index (χ0n) is 9.93. The third-order valence-electron chi connectivity index (χ3n) is 2.33. The van der Waals surface area contributed by atoms with E-state index in [9.17, 15) is 8.42 Å². The normalized spacial score (nSPS) is 15.9. The van der Waals surface area contributed by atoms with Gasteiger partial charge in [-0.25, -0.2) is 8.42 Å². The molecule has 1 N–H and O–H groups in total. The van der Waals surface area contributed by atoms with Gasteiger partial charge in [0, 0.05) is 23.2 Å². The van der Waals surface area contributed by atoms with E-state index < -0.39 is 9.84 Å². The van der Waals surface area contributed by atoms with Crippen LogP contribution in [-0.4, -0.2) is 26.5 Å². The van der Waals surface area contributed by atoms with Gasteiger partial charge in [0.05, 0.1) is 5.75 Å². The maximum atomic E-state index is 11.2. The van der Waals surface area contributed by atoms with Crippen molar-refractivity contribution < 1.29 is 8.42 Å². The van der Waals surface area contributed by atoms with Crippen LogP contribution >= 0.6 is 11.3 Å². The molecule has 5 heteroatoms. The average molecular weight is 261 g/mol. The Morgan fingerprint density at radius 3 is 2.62 bits per heavy atom. The quantitative estimate of drug-likeness (QED) is 0.854. The Morgan fingerprint density at radius 2 is 2.19 bits per heavy atom. The van der Waals surface area contributed by atoms with Crippen molar-refractivity contribution >= 4 is 21.2 Å². The minimum absolute atomic E-state index is 0.0120. The summed E-state index contributed by atoms with van der Waals surface area (Å²) in [6.07, 6.45) is 2.24. The smallest absolute Gasteiger partial charge is 0.148 e. The number of rotatable bonds is 6. The summed E-state index contributed by atoms with van der Waals surface area (Å²) in [5.41, 5.74) is 0. The molecule has 0 fully saturated rings. The van der Waals surface area contributed by atoms with Crippen LogP contribution in [0.15, 0.2) is 17.5 Å². The minimum atomic E-state index is -2.91. The molecule has 1 heterocycles. The topological polar surface area (TPSA) is 46.2 Å². The minimum Gasteiger partial charge on any atom is -0.306 e. The predicted octanol–water partition coefficient (Wildman–Crippen LogP) is 2.22. The van der Waals surface area contributed by atoms with Gasteiger partial charge in [0.2, 0.25) is 0 Å². The molecule has 0 aliphatic carbocycles. The second-order valence-corrected chi connectivity index (χ2v) is 7.30. The van der Waals surface area contributed by atoms with Crippen molar-refractivity contribution in [2.45, 2.75) is 32.4 Å². The Balaban J connectivity index is 2.58. The number of nitrogens with one attached hydrogen (secondary N) is 1. The third-order valence-corrected chi connectivity index (χ3v) is 4.42. The van der Waals surface area contributed by atoms with Crippen LogP contribution in [0, 0.1) is 0 Å². The van der Waals surface area contributed by atoms with Crippen LogP contribution in [0.2, 0.25) is 0 Å². The summed E-state index contributed by atoms with van der Waals surface area (Å²) >= 11 is 1.70. The molecule has 3 nitrogen and oxygen atoms in total. The Labute approximate surface area is 102 Å². The van der Waals surface area contributed by atoms with E-state index in [2.05, 4.69) is 18.3 Å². The largest absolute Gasteiger partial charge is 0.306 e. The molecule has 2 atom stereocenters. The highest BCUT2D eigenvalue weighted by atomic mass is 32.2. The van der Waals surface area contributed by atoms with Crippen molar-refractivity contribution in [3.05, 3.63) is 22.4 Å². The molecule has 16 heavy (non-hydrogen) atoms. The standard InChI is InChI=1S/C11H19NO2S2/c1-4-10(11-6-5-7-15-11)12-9(2)8-16(3,13)14/h5-7,9-10,12H,4,8H2,1-3H3. The molecule has 92 valence electrons. The second kappa shape index (κ2) is 5.80. The summed E-state index contributed by atoms with van der Waals surface area (Å²) in [6, 6.07) is 4.35. The van der Waals surface area contributed by atoms with Gasteiger partial charge in [-0.1, -0.05) is 13.0 Å². The summed E-state index contributed by atoms with van der Waals surface area (Å²) in [7, 11) is -2.91. The van der Waals surface area contributed by atoms with Crippen LogP contribution in [0.4, 0.5) is 0 Å². The molecule has 0 aromatic carbocycles. The second-order valence-electron chi connectivity index (χ2n) is 4.14. The lowest BCUT2D eigenvalue weighted by atomic mass is 10.1. The number of sulfone groups is 1. The fourth-order valence-corrected chi connectivity index (χ4v) is 3.61. The maximum absolute atomic E-state index is 11.2. The highest BCUT2D eigenvalue weighted by Gasteiger charge is 2.16. The van der Waals surface area contributed by atoms with Crippen molar-refractivity contribution in [2.75, 3.05) is 12.0 Å². The zero-order chi connectivity index (χ0) is 12.2. The van der Waals surface area contributed by atoms with Crippen LogP contribution in [0.25, 0.3) is 0 Å². The van der Waals surface area contributed by atoms with E-state index in [1.54, 1.807) is 11.3 Å². The lowest BCUT2D eigenvalue weighted by Crippen LogP contribution is -2.35. The third kappa shape index (κ3) is 4.63. The molecule has 0 radical (unpaired) electrons. The van der Waals surface area contributed by atoms with Crippen molar-refractivity contribution in [3.63, 3.8) is 0 Å². The van der Waals surface area contributed by atoms with Crippen molar-refractivity contribution in [1.29, 1.82) is 0 Å². The van der Waals surface area contributed by atoms with Crippen molar-refractivity contribution in [2.24, 2.45) is 0 Å². The van der Waals surface area contributed by atoms with E-state index >= 15 is 0 Å². The van der Waals surface area contributed by atoms with Crippen LogP contribution in [0.5, 0.6) is 0 Å². The van der Waals surface area contributed by atoms with E-state index in [0.717, 1.165) is 6.42 Å². The molecule has 0 aliphatic rings. The molecule has 0 saturated carbocycles. The van der Waals surface area contributed by atoms with Gasteiger partial charge in [0.25, 0.3) is 0 Å². The van der Waals surface area contributed by atoms with E-state index in [0.29, 0.717) is 0 Å². The number of hydrogen-bond acceptors (Lipinski definition) is 4. The molecule has 1 aromatic heterocycles. The lowest BCUT2D eigenvalue weighted by molar-refractivity contribution is 0.469. The molecule has 0 bridgehead atoms. The fourth-order valence-electron chi connectivity index (χ4n) is 1.74. The molecule has 1 rings (SSSR count). The Bertz CT molecular complexity index is 398. The first-order valence-electron chi connectivity index (χ1n) is 5.39. The van der Waals surface area contributed by atoms with Crippen molar-refractivity contribution in [1.82, 2.24) is 5.32 Å². The maximum Gasteiger partial charge on any atom is 0.148 e. The molecule has 0 saturated heterocycles. The summed E-state index contributed by atoms with van der Waals surface area (Å²) in [4.78, 5) is 1.27. The fraction of sp³-hybridized carbons (Fsp3) is 0.636. The Kier molecular flexibility index (Phi) is 4.95. The molecular weight excluding hydrogens is 242 g/mol. The highest BCUT2D eigenvalue weighted by Crippen LogP contribution is 2.22. The monoisotopic (exact) mass is 261 g/mol. The van der Waals surface area contributed by atoms with Crippen LogP contribution in [0.1, 0.15) is 31.2 Å². The van der Waals surface area contributed by atoms with E-state index in [-0.39, 0.29) is 17.8 Å². The molecule has 0 spiro atoms. The van der Waals surface area contributed by atoms with Gasteiger partial charge in [-0.15, -0.1) is 11.3 Å². The van der Waals surface area contributed by atoms with Crippen molar-refractivity contribution in [3.8, 4) is 0 Å². The first kappa shape index (κ1) is 13.7. The van der Waals surface area contributed by atoms with Crippen LogP contribution in [0.3, 0.4) is 0 Å². The Hall–Kier alpha value is -0.390. The Morgan fingerprint density at radius 1 is 1.50 bits per heavy atom. The molecule has 0 aliphatic heterocycles. The van der Waals surface area contributed by atoms with Crippen LogP contribution < -0.4 is 5.32 Å². The molecule has 0 amide bonds. The first-order chi connectivity index (χ1) is 7.42. The van der Waals surface area contributed by atoms with Gasteiger partial charge in [0.1, 0.15) is 9.84 Å². The summed E-state index contributed by atoms with van der Waals surface area (Å²) in [5.74, 6) is 0.189. The van der Waals surface area contributed by atoms with Gasteiger partial charge in [-0.2, -0.15) is 0 Å². The first-order valence-corrected chi connectivity index (χ1v) is 8.33. The van der Waals surface area contributed by atoms with Gasteiger partial charge in [0.15, 0.2) is 0 Å². The van der Waals surface area contributed by atoms with E-state index in [1.165, 1.54) is 11.1 Å². The van der Waals surface area contributed by atoms with E-state index in [1.807, 2.05) is 18.4 Å². The molecule has 1 aromatic rings. The zero-order valence-corrected chi connectivity index (χ0v) is 11.6. The number of thiophene rings is 1. The summed E-state index contributed by atoms with van der Waals surface area (Å²) in [6.45, 7) is 4.02. The number of hydrogen-bond donors (Lipinski definition) is 1. The van der Waals surface area contributed by atoms with Gasteiger partial charge in [-0.3, -0.25) is 0 Å². The molecular formula is C11H19NO2S2. The lowest BCUT2D eigenvalue weighted by Gasteiger charge is -2.20. The van der Waals surface area contributed by atoms with Gasteiger partial charge < -0.3 is 5.32 Å². The summed E-state index contributed by atoms with van der Waals surface area (Å²) in [5, 5.41) is 5.40. The van der Waals surface area contributed by atoms with E-state index in [4.69, 9.17) is 0 Å². The average Bonchev–Trinajstić information content (AvgIpc) is 2.63. The van der Waals surface area contributed by atoms with Gasteiger partial charge in [-0.05, 0) is 24.8 Å². The summed E-state index contributed by atoms with van der Waals surface area (Å²) < 4.78 is 22.3. The SMILES string of the molecule is CCC(NC(C)CS(C)(=O)=O)c1cccs1. The van der Waals surface area contributed by atoms with Crippen LogP contribution in [-0.2, 0) is 9.84 Å².